The predicted molar refractivity (Wildman–Crippen MR) is 71.7 cm³/mol. The Labute approximate surface area is 105 Å². The van der Waals surface area contributed by atoms with Crippen LogP contribution in [0.4, 0.5) is 0 Å². The zero-order valence-electron chi connectivity index (χ0n) is 9.77. The van der Waals surface area contributed by atoms with Crippen molar-refractivity contribution < 1.29 is 4.79 Å². The maximum absolute atomic E-state index is 12.4. The van der Waals surface area contributed by atoms with Crippen molar-refractivity contribution in [3.05, 3.63) is 57.3 Å². The first-order chi connectivity index (χ1) is 8.24. The van der Waals surface area contributed by atoms with Crippen LogP contribution >= 0.6 is 11.3 Å². The summed E-state index contributed by atoms with van der Waals surface area (Å²) in [7, 11) is 0. The smallest absolute Gasteiger partial charge is 0.203 e. The molecule has 1 aromatic heterocycles. The second-order valence-electron chi connectivity index (χ2n) is 3.96. The largest absolute Gasteiger partial charge is 0.330 e. The zero-order valence-corrected chi connectivity index (χ0v) is 10.6. The van der Waals surface area contributed by atoms with E-state index in [1.165, 1.54) is 11.3 Å². The highest BCUT2D eigenvalue weighted by molar-refractivity contribution is 7.12. The topological polar surface area (TPSA) is 43.1 Å². The molecule has 0 aliphatic carbocycles. The van der Waals surface area contributed by atoms with Crippen LogP contribution in [0, 0.1) is 6.92 Å². The van der Waals surface area contributed by atoms with Gasteiger partial charge in [0.05, 0.1) is 4.88 Å². The molecule has 2 N–H and O–H groups in total. The quantitative estimate of drug-likeness (QED) is 0.842. The summed E-state index contributed by atoms with van der Waals surface area (Å²) in [6, 6.07) is 9.68. The molecule has 3 heteroatoms. The molecule has 0 spiro atoms. The monoisotopic (exact) mass is 245 g/mol. The molecule has 0 aliphatic heterocycles. The Morgan fingerprint density at radius 2 is 2.06 bits per heavy atom. The molecule has 0 saturated carbocycles. The van der Waals surface area contributed by atoms with E-state index in [9.17, 15) is 4.79 Å². The van der Waals surface area contributed by atoms with Gasteiger partial charge in [0.15, 0.2) is 0 Å². The summed E-state index contributed by atoms with van der Waals surface area (Å²) >= 11 is 1.50. The van der Waals surface area contributed by atoms with Crippen LogP contribution in [0.5, 0.6) is 0 Å². The van der Waals surface area contributed by atoms with E-state index >= 15 is 0 Å². The molecule has 1 heterocycles. The lowest BCUT2D eigenvalue weighted by atomic mass is 9.99. The van der Waals surface area contributed by atoms with Gasteiger partial charge in [-0.25, -0.2) is 0 Å². The number of thiophene rings is 1. The van der Waals surface area contributed by atoms with Crippen LogP contribution < -0.4 is 5.73 Å². The molecule has 0 unspecified atom stereocenters. The van der Waals surface area contributed by atoms with Crippen molar-refractivity contribution in [2.75, 3.05) is 6.54 Å². The van der Waals surface area contributed by atoms with Crippen molar-refractivity contribution in [3.63, 3.8) is 0 Å². The number of carbonyl (C=O) groups excluding carboxylic acids is 1. The van der Waals surface area contributed by atoms with E-state index in [2.05, 4.69) is 0 Å². The molecular formula is C14H15NOS. The fraction of sp³-hybridized carbons (Fsp3) is 0.214. The Hall–Kier alpha value is -1.45. The zero-order chi connectivity index (χ0) is 12.3. The molecule has 0 aliphatic rings. The molecule has 0 bridgehead atoms. The van der Waals surface area contributed by atoms with Gasteiger partial charge in [0.2, 0.25) is 5.78 Å². The Morgan fingerprint density at radius 3 is 2.71 bits per heavy atom. The standard InChI is InChI=1S/C14H15NOS/c1-10-7-9-17-14(10)13(16)12-5-3-2-4-11(12)6-8-15/h2-5,7,9H,6,8,15H2,1H3. The second kappa shape index (κ2) is 5.25. The van der Waals surface area contributed by atoms with Gasteiger partial charge in [-0.05, 0) is 42.5 Å². The predicted octanol–water partition coefficient (Wildman–Crippen LogP) is 2.79. The molecule has 2 aromatic rings. The van der Waals surface area contributed by atoms with Crippen LogP contribution in [0.25, 0.3) is 0 Å². The van der Waals surface area contributed by atoms with Crippen LogP contribution in [0.3, 0.4) is 0 Å². The lowest BCUT2D eigenvalue weighted by Crippen LogP contribution is -2.09. The molecule has 2 nitrogen and oxygen atoms in total. The summed E-state index contributed by atoms with van der Waals surface area (Å²) in [5.74, 6) is 0.113. The van der Waals surface area contributed by atoms with Crippen molar-refractivity contribution in [1.82, 2.24) is 0 Å². The molecule has 0 amide bonds. The second-order valence-corrected chi connectivity index (χ2v) is 4.87. The molecule has 17 heavy (non-hydrogen) atoms. The van der Waals surface area contributed by atoms with Crippen molar-refractivity contribution in [2.45, 2.75) is 13.3 Å². The molecule has 0 radical (unpaired) electrons. The maximum atomic E-state index is 12.4. The Balaban J connectivity index is 2.40. The summed E-state index contributed by atoms with van der Waals surface area (Å²) in [5.41, 5.74) is 8.43. The summed E-state index contributed by atoms with van der Waals surface area (Å²) in [6.45, 7) is 2.53. The minimum atomic E-state index is 0.113. The molecule has 88 valence electrons. The number of nitrogens with two attached hydrogens (primary N) is 1. The first kappa shape index (κ1) is 12.0. The molecule has 0 fully saturated rings. The minimum absolute atomic E-state index is 0.113. The van der Waals surface area contributed by atoms with Gasteiger partial charge in [-0.1, -0.05) is 24.3 Å². The SMILES string of the molecule is Cc1ccsc1C(=O)c1ccccc1CCN. The van der Waals surface area contributed by atoms with Gasteiger partial charge in [-0.15, -0.1) is 11.3 Å². The Bertz CT molecular complexity index is 531. The van der Waals surface area contributed by atoms with Crippen LogP contribution in [0.2, 0.25) is 0 Å². The van der Waals surface area contributed by atoms with Crippen LogP contribution in [0.1, 0.15) is 26.4 Å². The van der Waals surface area contributed by atoms with Gasteiger partial charge in [0, 0.05) is 5.56 Å². The van der Waals surface area contributed by atoms with E-state index in [0.717, 1.165) is 28.0 Å². The van der Waals surface area contributed by atoms with E-state index in [4.69, 9.17) is 5.73 Å². The number of hydrogen-bond acceptors (Lipinski definition) is 3. The number of carbonyl (C=O) groups is 1. The van der Waals surface area contributed by atoms with Gasteiger partial charge in [0.25, 0.3) is 0 Å². The first-order valence-electron chi connectivity index (χ1n) is 5.61. The van der Waals surface area contributed by atoms with Gasteiger partial charge in [-0.3, -0.25) is 4.79 Å². The van der Waals surface area contributed by atoms with Crippen molar-refractivity contribution in [3.8, 4) is 0 Å². The van der Waals surface area contributed by atoms with Crippen molar-refractivity contribution in [2.24, 2.45) is 5.73 Å². The van der Waals surface area contributed by atoms with E-state index in [1.807, 2.05) is 42.6 Å². The summed E-state index contributed by atoms with van der Waals surface area (Å²) in [5, 5.41) is 1.95. The average Bonchev–Trinajstić information content (AvgIpc) is 2.76. The van der Waals surface area contributed by atoms with E-state index in [1.54, 1.807) is 0 Å². The lowest BCUT2D eigenvalue weighted by Gasteiger charge is -2.07. The lowest BCUT2D eigenvalue weighted by molar-refractivity contribution is 0.104. The van der Waals surface area contributed by atoms with Crippen molar-refractivity contribution >= 4 is 17.1 Å². The van der Waals surface area contributed by atoms with E-state index in [-0.39, 0.29) is 5.78 Å². The Morgan fingerprint density at radius 1 is 1.29 bits per heavy atom. The summed E-state index contributed by atoms with van der Waals surface area (Å²) in [6.07, 6.45) is 0.742. The normalized spacial score (nSPS) is 10.5. The van der Waals surface area contributed by atoms with Crippen LogP contribution in [0.15, 0.2) is 35.7 Å². The molecule has 0 atom stereocenters. The number of benzene rings is 1. The van der Waals surface area contributed by atoms with Crippen LogP contribution in [-0.2, 0) is 6.42 Å². The highest BCUT2D eigenvalue weighted by Crippen LogP contribution is 2.22. The third kappa shape index (κ3) is 2.46. The number of aryl methyl sites for hydroxylation is 1. The highest BCUT2D eigenvalue weighted by Gasteiger charge is 2.15. The van der Waals surface area contributed by atoms with Crippen LogP contribution in [-0.4, -0.2) is 12.3 Å². The minimum Gasteiger partial charge on any atom is -0.330 e. The van der Waals surface area contributed by atoms with Gasteiger partial charge in [-0.2, -0.15) is 0 Å². The summed E-state index contributed by atoms with van der Waals surface area (Å²) in [4.78, 5) is 13.2. The first-order valence-corrected chi connectivity index (χ1v) is 6.48. The van der Waals surface area contributed by atoms with Gasteiger partial charge < -0.3 is 5.73 Å². The van der Waals surface area contributed by atoms with Crippen molar-refractivity contribution in [1.29, 1.82) is 0 Å². The third-order valence-corrected chi connectivity index (χ3v) is 3.76. The highest BCUT2D eigenvalue weighted by atomic mass is 32.1. The summed E-state index contributed by atoms with van der Waals surface area (Å²) < 4.78 is 0. The van der Waals surface area contributed by atoms with E-state index in [0.29, 0.717) is 6.54 Å². The van der Waals surface area contributed by atoms with E-state index < -0.39 is 0 Å². The Kier molecular flexibility index (Phi) is 3.71. The van der Waals surface area contributed by atoms with Gasteiger partial charge in [0.1, 0.15) is 0 Å². The number of ketones is 1. The number of rotatable bonds is 4. The molecule has 2 rings (SSSR count). The number of hydrogen-bond donors (Lipinski definition) is 1. The fourth-order valence-electron chi connectivity index (χ4n) is 1.84. The molecule has 1 aromatic carbocycles. The maximum Gasteiger partial charge on any atom is 0.203 e. The fourth-order valence-corrected chi connectivity index (χ4v) is 2.72. The molecule has 0 saturated heterocycles. The molecular weight excluding hydrogens is 230 g/mol. The average molecular weight is 245 g/mol. The van der Waals surface area contributed by atoms with Gasteiger partial charge >= 0.3 is 0 Å². The third-order valence-electron chi connectivity index (χ3n) is 2.74.